The van der Waals surface area contributed by atoms with Gasteiger partial charge in [0.05, 0.1) is 6.61 Å². The molecule has 7 heteroatoms. The van der Waals surface area contributed by atoms with Crippen LogP contribution in [0.3, 0.4) is 0 Å². The number of benzene rings is 2. The Balaban J connectivity index is 1.84. The van der Waals surface area contributed by atoms with E-state index in [9.17, 15) is 14.4 Å². The molecule has 0 unspecified atom stereocenters. The Labute approximate surface area is 162 Å². The van der Waals surface area contributed by atoms with Crippen LogP contribution in [0, 0.1) is 0 Å². The second-order valence-corrected chi connectivity index (χ2v) is 6.47. The summed E-state index contributed by atoms with van der Waals surface area (Å²) in [4.78, 5) is 33.7. The number of rotatable bonds is 4. The minimum atomic E-state index is -0.519. The molecule has 28 heavy (non-hydrogen) atoms. The van der Waals surface area contributed by atoms with Crippen LogP contribution in [0.1, 0.15) is 37.8 Å². The van der Waals surface area contributed by atoms with Crippen molar-refractivity contribution in [2.75, 3.05) is 6.61 Å². The van der Waals surface area contributed by atoms with E-state index in [1.54, 1.807) is 24.3 Å². The van der Waals surface area contributed by atoms with Gasteiger partial charge in [0.2, 0.25) is 0 Å². The monoisotopic (exact) mass is 384 g/mol. The molecule has 0 saturated carbocycles. The summed E-state index contributed by atoms with van der Waals surface area (Å²) in [5.74, 6) is 0.0588. The smallest absolute Gasteiger partial charge is 0.308 e. The van der Waals surface area contributed by atoms with Crippen LogP contribution in [0.4, 0.5) is 0 Å². The third-order valence-electron chi connectivity index (χ3n) is 4.15. The third-order valence-corrected chi connectivity index (χ3v) is 4.15. The number of fused-ring (bicyclic) bond motifs is 1. The molecule has 3 rings (SSSR count). The van der Waals surface area contributed by atoms with Gasteiger partial charge in [-0.05, 0) is 35.7 Å². The van der Waals surface area contributed by atoms with E-state index < -0.39 is 11.9 Å². The van der Waals surface area contributed by atoms with E-state index >= 15 is 0 Å². The topological polar surface area (TPSA) is 88.1 Å². The lowest BCUT2D eigenvalue weighted by Crippen LogP contribution is -2.20. The first-order valence-corrected chi connectivity index (χ1v) is 8.76. The van der Waals surface area contributed by atoms with E-state index in [1.807, 2.05) is 12.1 Å². The number of esters is 3. The first-order chi connectivity index (χ1) is 13.3. The molecule has 1 heterocycles. The highest BCUT2D eigenvalue weighted by Crippen LogP contribution is 2.40. The summed E-state index contributed by atoms with van der Waals surface area (Å²) in [5.41, 5.74) is 1.87. The summed E-state index contributed by atoms with van der Waals surface area (Å²) in [5, 5.41) is 0. The van der Waals surface area contributed by atoms with Gasteiger partial charge in [0.15, 0.2) is 11.5 Å². The van der Waals surface area contributed by atoms with Gasteiger partial charge < -0.3 is 18.9 Å². The summed E-state index contributed by atoms with van der Waals surface area (Å²) >= 11 is 0. The molecule has 2 aromatic rings. The van der Waals surface area contributed by atoms with E-state index in [0.29, 0.717) is 24.5 Å². The Bertz CT molecular complexity index is 915. The summed E-state index contributed by atoms with van der Waals surface area (Å²) < 4.78 is 21.2. The van der Waals surface area contributed by atoms with Crippen molar-refractivity contribution in [3.8, 4) is 23.0 Å². The Morgan fingerprint density at radius 1 is 0.857 bits per heavy atom. The molecule has 1 aliphatic rings. The molecule has 7 nitrogen and oxygen atoms in total. The highest BCUT2D eigenvalue weighted by Gasteiger charge is 2.25. The van der Waals surface area contributed by atoms with Gasteiger partial charge in [-0.2, -0.15) is 0 Å². The second-order valence-electron chi connectivity index (χ2n) is 6.47. The van der Waals surface area contributed by atoms with Gasteiger partial charge in [0.1, 0.15) is 11.5 Å². The zero-order valence-corrected chi connectivity index (χ0v) is 15.8. The summed E-state index contributed by atoms with van der Waals surface area (Å²) in [6.45, 7) is 4.34. The van der Waals surface area contributed by atoms with Crippen molar-refractivity contribution in [2.45, 2.75) is 33.1 Å². The van der Waals surface area contributed by atoms with Gasteiger partial charge in [-0.3, -0.25) is 14.4 Å². The lowest BCUT2D eigenvalue weighted by Gasteiger charge is -2.26. The molecule has 0 aliphatic carbocycles. The summed E-state index contributed by atoms with van der Waals surface area (Å²) in [7, 11) is 0. The van der Waals surface area contributed by atoms with E-state index in [1.165, 1.54) is 20.8 Å². The van der Waals surface area contributed by atoms with Gasteiger partial charge in [0, 0.05) is 32.8 Å². The van der Waals surface area contributed by atoms with Crippen LogP contribution in [-0.4, -0.2) is 24.5 Å². The fourth-order valence-corrected chi connectivity index (χ4v) is 3.05. The number of carbonyl (C=O) groups is 3. The van der Waals surface area contributed by atoms with Crippen molar-refractivity contribution in [3.63, 3.8) is 0 Å². The van der Waals surface area contributed by atoms with Crippen LogP contribution in [0.15, 0.2) is 36.4 Å². The van der Waals surface area contributed by atoms with Crippen LogP contribution >= 0.6 is 0 Å². The number of carbonyl (C=O) groups excluding carboxylic acids is 3. The molecule has 0 fully saturated rings. The standard InChI is InChI=1S/C21H20O7/c1-12(22)26-18-6-4-15(5-7-18)17-8-16-9-20(27-13(2)23)21(28-14(3)24)10-19(16)25-11-17/h4-7,9-10,17H,8,11H2,1-3H3/t17-/m1/s1. The molecular weight excluding hydrogens is 364 g/mol. The average molecular weight is 384 g/mol. The fourth-order valence-electron chi connectivity index (χ4n) is 3.05. The average Bonchev–Trinajstić information content (AvgIpc) is 2.61. The molecule has 0 bridgehead atoms. The van der Waals surface area contributed by atoms with Gasteiger partial charge in [-0.15, -0.1) is 0 Å². The first-order valence-electron chi connectivity index (χ1n) is 8.76. The zero-order valence-electron chi connectivity index (χ0n) is 15.8. The van der Waals surface area contributed by atoms with E-state index in [2.05, 4.69) is 0 Å². The molecule has 0 amide bonds. The van der Waals surface area contributed by atoms with Crippen molar-refractivity contribution < 1.29 is 33.3 Å². The van der Waals surface area contributed by atoms with E-state index in [0.717, 1.165) is 11.1 Å². The Hall–Kier alpha value is -3.35. The van der Waals surface area contributed by atoms with E-state index in [4.69, 9.17) is 18.9 Å². The molecule has 146 valence electrons. The summed E-state index contributed by atoms with van der Waals surface area (Å²) in [6.07, 6.45) is 0.650. The van der Waals surface area contributed by atoms with Crippen LogP contribution in [0.2, 0.25) is 0 Å². The minimum absolute atomic E-state index is 0.0728. The van der Waals surface area contributed by atoms with Crippen LogP contribution < -0.4 is 18.9 Å². The highest BCUT2D eigenvalue weighted by atomic mass is 16.6. The lowest BCUT2D eigenvalue weighted by molar-refractivity contribution is -0.134. The van der Waals surface area contributed by atoms with Crippen LogP contribution in [0.5, 0.6) is 23.0 Å². The SMILES string of the molecule is CC(=O)Oc1ccc([C@H]2COc3cc(OC(C)=O)c(OC(C)=O)cc3C2)cc1. The van der Waals surface area contributed by atoms with E-state index in [-0.39, 0.29) is 23.4 Å². The van der Waals surface area contributed by atoms with Gasteiger partial charge in [0.25, 0.3) is 0 Å². The number of ether oxygens (including phenoxy) is 4. The van der Waals surface area contributed by atoms with Crippen molar-refractivity contribution in [3.05, 3.63) is 47.5 Å². The zero-order chi connectivity index (χ0) is 20.3. The first kappa shape index (κ1) is 19.4. The van der Waals surface area contributed by atoms with Gasteiger partial charge >= 0.3 is 17.9 Å². The molecule has 0 spiro atoms. The summed E-state index contributed by atoms with van der Waals surface area (Å²) in [6, 6.07) is 10.5. The maximum Gasteiger partial charge on any atom is 0.308 e. The van der Waals surface area contributed by atoms with Gasteiger partial charge in [-0.25, -0.2) is 0 Å². The Morgan fingerprint density at radius 2 is 1.43 bits per heavy atom. The van der Waals surface area contributed by atoms with Crippen molar-refractivity contribution in [2.24, 2.45) is 0 Å². The fraction of sp³-hybridized carbons (Fsp3) is 0.286. The molecular formula is C21H20O7. The molecule has 0 N–H and O–H groups in total. The number of hydrogen-bond acceptors (Lipinski definition) is 7. The highest BCUT2D eigenvalue weighted by molar-refractivity contribution is 5.74. The lowest BCUT2D eigenvalue weighted by atomic mass is 9.90. The van der Waals surface area contributed by atoms with Crippen molar-refractivity contribution in [1.82, 2.24) is 0 Å². The molecule has 0 radical (unpaired) electrons. The Morgan fingerprint density at radius 3 is 2.00 bits per heavy atom. The molecule has 2 aromatic carbocycles. The van der Waals surface area contributed by atoms with Crippen molar-refractivity contribution >= 4 is 17.9 Å². The second kappa shape index (κ2) is 8.12. The number of hydrogen-bond donors (Lipinski definition) is 0. The molecule has 1 atom stereocenters. The molecule has 1 aliphatic heterocycles. The minimum Gasteiger partial charge on any atom is -0.493 e. The normalized spacial score (nSPS) is 15.0. The third kappa shape index (κ3) is 4.68. The predicted octanol–water partition coefficient (Wildman–Crippen LogP) is 3.18. The van der Waals surface area contributed by atoms with Gasteiger partial charge in [-0.1, -0.05) is 12.1 Å². The molecule has 0 aromatic heterocycles. The maximum absolute atomic E-state index is 11.4. The quantitative estimate of drug-likeness (QED) is 0.591. The van der Waals surface area contributed by atoms with Crippen LogP contribution in [-0.2, 0) is 20.8 Å². The maximum atomic E-state index is 11.4. The Kier molecular flexibility index (Phi) is 5.63. The largest absolute Gasteiger partial charge is 0.493 e. The predicted molar refractivity (Wildman–Crippen MR) is 98.8 cm³/mol. The van der Waals surface area contributed by atoms with Crippen molar-refractivity contribution in [1.29, 1.82) is 0 Å². The van der Waals surface area contributed by atoms with Crippen LogP contribution in [0.25, 0.3) is 0 Å². The molecule has 0 saturated heterocycles.